The van der Waals surface area contributed by atoms with Crippen LogP contribution in [0.1, 0.15) is 25.7 Å². The minimum atomic E-state index is 0.750. The van der Waals surface area contributed by atoms with Crippen molar-refractivity contribution in [3.8, 4) is 5.75 Å². The lowest BCUT2D eigenvalue weighted by molar-refractivity contribution is 0.305. The molecule has 0 aliphatic rings. The van der Waals surface area contributed by atoms with Crippen LogP contribution in [0.15, 0.2) is 24.3 Å². The lowest BCUT2D eigenvalue weighted by Crippen LogP contribution is -1.96. The second-order valence-electron chi connectivity index (χ2n) is 3.41. The smallest absolute Gasteiger partial charge is 0.119 e. The van der Waals surface area contributed by atoms with Crippen LogP contribution in [0.5, 0.6) is 5.75 Å². The van der Waals surface area contributed by atoms with Crippen LogP contribution >= 0.6 is 27.5 Å². The van der Waals surface area contributed by atoms with Crippen LogP contribution in [0.3, 0.4) is 0 Å². The molecule has 1 nitrogen and oxygen atoms in total. The minimum absolute atomic E-state index is 0.750. The Morgan fingerprint density at radius 2 is 1.67 bits per heavy atom. The first kappa shape index (κ1) is 12.9. The Bertz CT molecular complexity index is 261. The summed E-state index contributed by atoms with van der Waals surface area (Å²) in [5.74, 6) is 0.903. The molecule has 0 unspecified atom stereocenters. The van der Waals surface area contributed by atoms with Crippen LogP contribution in [0, 0.1) is 0 Å². The largest absolute Gasteiger partial charge is 0.494 e. The van der Waals surface area contributed by atoms with Crippen molar-refractivity contribution in [3.63, 3.8) is 0 Å². The molecule has 0 atom stereocenters. The van der Waals surface area contributed by atoms with E-state index in [0.717, 1.165) is 29.1 Å². The van der Waals surface area contributed by atoms with Crippen molar-refractivity contribution in [2.45, 2.75) is 25.7 Å². The summed E-state index contributed by atoms with van der Waals surface area (Å²) >= 11 is 9.19. The van der Waals surface area contributed by atoms with Gasteiger partial charge in [0.1, 0.15) is 5.75 Å². The average molecular weight is 292 g/mol. The number of hydrogen-bond acceptors (Lipinski definition) is 1. The third kappa shape index (κ3) is 6.06. The van der Waals surface area contributed by atoms with E-state index in [2.05, 4.69) is 15.9 Å². The first-order chi connectivity index (χ1) is 7.33. The third-order valence-corrected chi connectivity index (χ3v) is 2.92. The molecule has 0 N–H and O–H groups in total. The molecule has 0 fully saturated rings. The molecule has 84 valence electrons. The molecule has 0 spiro atoms. The normalized spacial score (nSPS) is 10.3. The average Bonchev–Trinajstić information content (AvgIpc) is 2.26. The molecule has 0 bridgehead atoms. The van der Waals surface area contributed by atoms with Gasteiger partial charge in [-0.3, -0.25) is 0 Å². The summed E-state index contributed by atoms with van der Waals surface area (Å²) in [6, 6.07) is 7.51. The van der Waals surface area contributed by atoms with Crippen LogP contribution in [-0.2, 0) is 0 Å². The van der Waals surface area contributed by atoms with Crippen LogP contribution in [0.25, 0.3) is 0 Å². The highest BCUT2D eigenvalue weighted by Gasteiger charge is 1.94. The standard InChI is InChI=1S/C12H16BrClO/c13-9-3-1-2-4-10-15-12-7-5-11(14)6-8-12/h5-8H,1-4,9-10H2. The van der Waals surface area contributed by atoms with Gasteiger partial charge >= 0.3 is 0 Å². The molecular weight excluding hydrogens is 275 g/mol. The molecule has 1 rings (SSSR count). The Kier molecular flexibility index (Phi) is 6.86. The fourth-order valence-corrected chi connectivity index (χ4v) is 1.79. The number of halogens is 2. The predicted octanol–water partition coefficient (Wildman–Crippen LogP) is 4.67. The maximum atomic E-state index is 5.77. The van der Waals surface area contributed by atoms with Crippen molar-refractivity contribution in [1.82, 2.24) is 0 Å². The molecule has 0 aromatic heterocycles. The molecule has 0 saturated carbocycles. The molecule has 1 aromatic rings. The Morgan fingerprint density at radius 1 is 1.00 bits per heavy atom. The van der Waals surface area contributed by atoms with E-state index in [9.17, 15) is 0 Å². The molecule has 0 amide bonds. The van der Waals surface area contributed by atoms with Crippen LogP contribution in [0.4, 0.5) is 0 Å². The van der Waals surface area contributed by atoms with E-state index < -0.39 is 0 Å². The second kappa shape index (κ2) is 8.00. The van der Waals surface area contributed by atoms with Crippen LogP contribution < -0.4 is 4.74 Å². The van der Waals surface area contributed by atoms with Gasteiger partial charge in [0.05, 0.1) is 6.61 Å². The monoisotopic (exact) mass is 290 g/mol. The van der Waals surface area contributed by atoms with E-state index in [4.69, 9.17) is 16.3 Å². The lowest BCUT2D eigenvalue weighted by Gasteiger charge is -2.05. The Hall–Kier alpha value is -0.210. The molecule has 15 heavy (non-hydrogen) atoms. The number of unbranched alkanes of at least 4 members (excludes halogenated alkanes) is 3. The SMILES string of the molecule is Clc1ccc(OCCCCCCBr)cc1. The number of alkyl halides is 1. The van der Waals surface area contributed by atoms with E-state index in [0.29, 0.717) is 0 Å². The maximum Gasteiger partial charge on any atom is 0.119 e. The second-order valence-corrected chi connectivity index (χ2v) is 4.64. The number of benzene rings is 1. The van der Waals surface area contributed by atoms with Crippen LogP contribution in [-0.4, -0.2) is 11.9 Å². The summed E-state index contributed by atoms with van der Waals surface area (Å²) < 4.78 is 5.57. The number of ether oxygens (including phenoxy) is 1. The molecule has 0 aliphatic carbocycles. The summed E-state index contributed by atoms with van der Waals surface area (Å²) in [5, 5.41) is 1.85. The van der Waals surface area contributed by atoms with E-state index >= 15 is 0 Å². The summed E-state index contributed by atoms with van der Waals surface area (Å²) in [7, 11) is 0. The van der Waals surface area contributed by atoms with Gasteiger partial charge in [-0.1, -0.05) is 40.4 Å². The molecular formula is C12H16BrClO. The first-order valence-electron chi connectivity index (χ1n) is 5.27. The highest BCUT2D eigenvalue weighted by atomic mass is 79.9. The van der Waals surface area contributed by atoms with Gasteiger partial charge in [0.25, 0.3) is 0 Å². The van der Waals surface area contributed by atoms with Crippen molar-refractivity contribution in [2.24, 2.45) is 0 Å². The highest BCUT2D eigenvalue weighted by molar-refractivity contribution is 9.09. The summed E-state index contributed by atoms with van der Waals surface area (Å²) in [6.45, 7) is 0.796. The summed E-state index contributed by atoms with van der Waals surface area (Å²) in [6.07, 6.45) is 4.88. The van der Waals surface area contributed by atoms with E-state index in [1.54, 1.807) is 0 Å². The van der Waals surface area contributed by atoms with Crippen molar-refractivity contribution < 1.29 is 4.74 Å². The van der Waals surface area contributed by atoms with Crippen molar-refractivity contribution in [3.05, 3.63) is 29.3 Å². The first-order valence-corrected chi connectivity index (χ1v) is 6.77. The quantitative estimate of drug-likeness (QED) is 0.524. The van der Waals surface area contributed by atoms with Gasteiger partial charge in [-0.25, -0.2) is 0 Å². The Labute approximate surface area is 105 Å². The van der Waals surface area contributed by atoms with Crippen molar-refractivity contribution >= 4 is 27.5 Å². The highest BCUT2D eigenvalue weighted by Crippen LogP contribution is 2.15. The maximum absolute atomic E-state index is 5.77. The van der Waals surface area contributed by atoms with E-state index in [-0.39, 0.29) is 0 Å². The molecule has 0 heterocycles. The predicted molar refractivity (Wildman–Crippen MR) is 69.2 cm³/mol. The van der Waals surface area contributed by atoms with E-state index in [1.807, 2.05) is 24.3 Å². The summed E-state index contributed by atoms with van der Waals surface area (Å²) in [5.41, 5.74) is 0. The Balaban J connectivity index is 2.07. The van der Waals surface area contributed by atoms with Crippen molar-refractivity contribution in [1.29, 1.82) is 0 Å². The molecule has 0 saturated heterocycles. The lowest BCUT2D eigenvalue weighted by atomic mass is 10.2. The van der Waals surface area contributed by atoms with Gasteiger partial charge in [0, 0.05) is 10.4 Å². The van der Waals surface area contributed by atoms with Gasteiger partial charge in [0.15, 0.2) is 0 Å². The fraction of sp³-hybridized carbons (Fsp3) is 0.500. The molecule has 3 heteroatoms. The fourth-order valence-electron chi connectivity index (χ4n) is 1.27. The van der Waals surface area contributed by atoms with Gasteiger partial charge in [-0.15, -0.1) is 0 Å². The zero-order valence-corrected chi connectivity index (χ0v) is 11.1. The molecule has 0 aliphatic heterocycles. The zero-order chi connectivity index (χ0) is 10.9. The van der Waals surface area contributed by atoms with Crippen molar-refractivity contribution in [2.75, 3.05) is 11.9 Å². The summed E-state index contributed by atoms with van der Waals surface area (Å²) in [4.78, 5) is 0. The van der Waals surface area contributed by atoms with E-state index in [1.165, 1.54) is 19.3 Å². The minimum Gasteiger partial charge on any atom is -0.494 e. The van der Waals surface area contributed by atoms with Gasteiger partial charge < -0.3 is 4.74 Å². The van der Waals surface area contributed by atoms with Gasteiger partial charge in [-0.05, 0) is 37.1 Å². The molecule has 0 radical (unpaired) electrons. The van der Waals surface area contributed by atoms with Gasteiger partial charge in [0.2, 0.25) is 0 Å². The Morgan fingerprint density at radius 3 is 2.33 bits per heavy atom. The number of hydrogen-bond donors (Lipinski definition) is 0. The van der Waals surface area contributed by atoms with Gasteiger partial charge in [-0.2, -0.15) is 0 Å². The number of rotatable bonds is 7. The topological polar surface area (TPSA) is 9.23 Å². The third-order valence-electron chi connectivity index (χ3n) is 2.11. The zero-order valence-electron chi connectivity index (χ0n) is 8.72. The molecule has 1 aromatic carbocycles. The van der Waals surface area contributed by atoms with Crippen LogP contribution in [0.2, 0.25) is 5.02 Å².